The maximum atomic E-state index is 12.4. The molecule has 1 heterocycles. The van der Waals surface area contributed by atoms with Gasteiger partial charge >= 0.3 is 0 Å². The summed E-state index contributed by atoms with van der Waals surface area (Å²) in [7, 11) is -3.44. The van der Waals surface area contributed by atoms with E-state index < -0.39 is 10.2 Å². The predicted octanol–water partition coefficient (Wildman–Crippen LogP) is 0.657. The highest BCUT2D eigenvalue weighted by atomic mass is 32.2. The molecule has 0 aromatic rings. The first-order valence-electron chi connectivity index (χ1n) is 7.01. The topological polar surface area (TPSA) is 99.3 Å². The van der Waals surface area contributed by atoms with Crippen LogP contribution in [0.1, 0.15) is 39.0 Å². The molecular weight excluding hydrogens is 264 g/mol. The maximum Gasteiger partial charge on any atom is 0.279 e. The van der Waals surface area contributed by atoms with Crippen molar-refractivity contribution < 1.29 is 8.42 Å². The maximum absolute atomic E-state index is 12.4. The highest BCUT2D eigenvalue weighted by Crippen LogP contribution is 2.27. The van der Waals surface area contributed by atoms with E-state index in [1.165, 1.54) is 4.31 Å². The van der Waals surface area contributed by atoms with E-state index in [0.29, 0.717) is 19.0 Å². The molecular formula is C12H24N4O2S. The minimum atomic E-state index is -3.44. The predicted molar refractivity (Wildman–Crippen MR) is 75.1 cm³/mol. The highest BCUT2D eigenvalue weighted by Gasteiger charge is 2.35. The van der Waals surface area contributed by atoms with Crippen LogP contribution in [0.5, 0.6) is 0 Å². The van der Waals surface area contributed by atoms with E-state index in [1.54, 1.807) is 0 Å². The number of nitrogens with one attached hydrogen (secondary N) is 2. The fourth-order valence-corrected chi connectivity index (χ4v) is 4.74. The number of hydrogen-bond acceptors (Lipinski definition) is 3. The van der Waals surface area contributed by atoms with Crippen LogP contribution in [0.15, 0.2) is 0 Å². The van der Waals surface area contributed by atoms with Gasteiger partial charge in [-0.3, -0.25) is 5.41 Å². The van der Waals surface area contributed by atoms with Gasteiger partial charge in [0.2, 0.25) is 0 Å². The molecule has 0 aromatic heterocycles. The van der Waals surface area contributed by atoms with Crippen molar-refractivity contribution in [3.63, 3.8) is 0 Å². The molecule has 19 heavy (non-hydrogen) atoms. The summed E-state index contributed by atoms with van der Waals surface area (Å²) in [6.07, 6.45) is 4.51. The molecule has 0 aromatic carbocycles. The Labute approximate surface area is 115 Å². The van der Waals surface area contributed by atoms with Gasteiger partial charge in [0, 0.05) is 25.0 Å². The largest absolute Gasteiger partial charge is 0.387 e. The molecule has 0 amide bonds. The first-order valence-corrected chi connectivity index (χ1v) is 8.45. The molecule has 0 bridgehead atoms. The van der Waals surface area contributed by atoms with Crippen molar-refractivity contribution in [2.45, 2.75) is 45.1 Å². The molecule has 1 saturated heterocycles. The molecule has 2 fully saturated rings. The van der Waals surface area contributed by atoms with Crippen molar-refractivity contribution in [3.05, 3.63) is 0 Å². The lowest BCUT2D eigenvalue weighted by Crippen LogP contribution is -2.50. The molecule has 2 rings (SSSR count). The van der Waals surface area contributed by atoms with Crippen LogP contribution >= 0.6 is 0 Å². The van der Waals surface area contributed by atoms with Crippen molar-refractivity contribution in [3.8, 4) is 0 Å². The third-order valence-electron chi connectivity index (χ3n) is 4.18. The Morgan fingerprint density at radius 2 is 2.05 bits per heavy atom. The Balaban J connectivity index is 2.02. The van der Waals surface area contributed by atoms with Crippen LogP contribution in [-0.2, 0) is 10.2 Å². The number of rotatable bonds is 4. The van der Waals surface area contributed by atoms with Crippen LogP contribution in [0.4, 0.5) is 0 Å². The summed E-state index contributed by atoms with van der Waals surface area (Å²) in [5.74, 6) is 0.367. The zero-order valence-corrected chi connectivity index (χ0v) is 12.2. The standard InChI is InChI=1S/C12H24N4O2S/c1-9-4-3-7-16(8-9)19(17,18)15-11-6-2-5-10(11)12(13)14/h9-11,15H,2-8H2,1H3,(H3,13,14). The van der Waals surface area contributed by atoms with E-state index in [-0.39, 0.29) is 17.8 Å². The van der Waals surface area contributed by atoms with E-state index in [9.17, 15) is 8.42 Å². The Morgan fingerprint density at radius 1 is 1.32 bits per heavy atom. The number of piperidine rings is 1. The van der Waals surface area contributed by atoms with Crippen LogP contribution in [0.25, 0.3) is 0 Å². The second-order valence-electron chi connectivity index (χ2n) is 5.83. The van der Waals surface area contributed by atoms with Crippen LogP contribution < -0.4 is 10.5 Å². The molecule has 110 valence electrons. The lowest BCUT2D eigenvalue weighted by atomic mass is 10.0. The van der Waals surface area contributed by atoms with Gasteiger partial charge in [-0.2, -0.15) is 17.4 Å². The minimum Gasteiger partial charge on any atom is -0.387 e. The molecule has 4 N–H and O–H groups in total. The summed E-state index contributed by atoms with van der Waals surface area (Å²) in [5, 5.41) is 7.54. The molecule has 2 aliphatic rings. The van der Waals surface area contributed by atoms with Gasteiger partial charge < -0.3 is 5.73 Å². The number of nitrogens with zero attached hydrogens (tertiary/aromatic N) is 1. The smallest absolute Gasteiger partial charge is 0.279 e. The van der Waals surface area contributed by atoms with Gasteiger partial charge in [-0.15, -0.1) is 0 Å². The monoisotopic (exact) mass is 288 g/mol. The number of nitrogens with two attached hydrogens (primary N) is 1. The molecule has 1 saturated carbocycles. The zero-order valence-electron chi connectivity index (χ0n) is 11.4. The van der Waals surface area contributed by atoms with Crippen molar-refractivity contribution in [2.75, 3.05) is 13.1 Å². The zero-order chi connectivity index (χ0) is 14.0. The van der Waals surface area contributed by atoms with Crippen LogP contribution in [0.3, 0.4) is 0 Å². The summed E-state index contributed by atoms with van der Waals surface area (Å²) in [6.45, 7) is 3.26. The Bertz CT molecular complexity index is 437. The molecule has 7 heteroatoms. The minimum absolute atomic E-state index is 0.0946. The molecule has 1 aliphatic heterocycles. The third kappa shape index (κ3) is 3.46. The van der Waals surface area contributed by atoms with E-state index in [0.717, 1.165) is 32.1 Å². The molecule has 0 spiro atoms. The van der Waals surface area contributed by atoms with E-state index in [4.69, 9.17) is 11.1 Å². The normalized spacial score (nSPS) is 33.4. The van der Waals surface area contributed by atoms with Crippen molar-refractivity contribution >= 4 is 16.0 Å². The fraction of sp³-hybridized carbons (Fsp3) is 0.917. The van der Waals surface area contributed by atoms with Crippen molar-refractivity contribution in [1.82, 2.24) is 9.03 Å². The number of hydrogen-bond donors (Lipinski definition) is 3. The molecule has 3 unspecified atom stereocenters. The van der Waals surface area contributed by atoms with Gasteiger partial charge in [-0.05, 0) is 31.6 Å². The summed E-state index contributed by atoms with van der Waals surface area (Å²) in [6, 6.07) is -0.209. The number of amidine groups is 1. The molecule has 0 radical (unpaired) electrons. The summed E-state index contributed by atoms with van der Waals surface area (Å²) in [4.78, 5) is 0. The molecule has 3 atom stereocenters. The first-order chi connectivity index (χ1) is 8.90. The van der Waals surface area contributed by atoms with Gasteiger partial charge in [0.05, 0.1) is 5.84 Å². The molecule has 6 nitrogen and oxygen atoms in total. The quantitative estimate of drug-likeness (QED) is 0.523. The second kappa shape index (κ2) is 5.76. The van der Waals surface area contributed by atoms with Gasteiger partial charge in [-0.1, -0.05) is 13.3 Å². The lowest BCUT2D eigenvalue weighted by Gasteiger charge is -2.32. The third-order valence-corrected chi connectivity index (χ3v) is 5.79. The van der Waals surface area contributed by atoms with E-state index in [2.05, 4.69) is 11.6 Å². The summed E-state index contributed by atoms with van der Waals surface area (Å²) < 4.78 is 29.0. The van der Waals surface area contributed by atoms with Crippen LogP contribution in [0.2, 0.25) is 0 Å². The fourth-order valence-electron chi connectivity index (χ4n) is 3.10. The van der Waals surface area contributed by atoms with Crippen molar-refractivity contribution in [1.29, 1.82) is 5.41 Å². The van der Waals surface area contributed by atoms with E-state index in [1.807, 2.05) is 0 Å². The summed E-state index contributed by atoms with van der Waals surface area (Å²) in [5.41, 5.74) is 5.54. The Kier molecular flexibility index (Phi) is 4.47. The van der Waals surface area contributed by atoms with Crippen LogP contribution in [0, 0.1) is 17.2 Å². The lowest BCUT2D eigenvalue weighted by molar-refractivity contribution is 0.276. The second-order valence-corrected chi connectivity index (χ2v) is 7.53. The molecule has 1 aliphatic carbocycles. The Morgan fingerprint density at radius 3 is 2.68 bits per heavy atom. The highest BCUT2D eigenvalue weighted by molar-refractivity contribution is 7.87. The van der Waals surface area contributed by atoms with Crippen LogP contribution in [-0.4, -0.2) is 37.7 Å². The van der Waals surface area contributed by atoms with Gasteiger partial charge in [0.1, 0.15) is 0 Å². The van der Waals surface area contributed by atoms with Gasteiger partial charge in [0.15, 0.2) is 0 Å². The summed E-state index contributed by atoms with van der Waals surface area (Å²) >= 11 is 0. The van der Waals surface area contributed by atoms with Gasteiger partial charge in [-0.25, -0.2) is 0 Å². The van der Waals surface area contributed by atoms with Gasteiger partial charge in [0.25, 0.3) is 10.2 Å². The average molecular weight is 288 g/mol. The van der Waals surface area contributed by atoms with Crippen molar-refractivity contribution in [2.24, 2.45) is 17.6 Å². The average Bonchev–Trinajstić information content (AvgIpc) is 2.76. The Hall–Kier alpha value is -0.660. The van der Waals surface area contributed by atoms with E-state index >= 15 is 0 Å². The SMILES string of the molecule is CC1CCCN(S(=O)(=O)NC2CCCC2C(=N)N)C1. The first kappa shape index (κ1) is 14.7.